The van der Waals surface area contributed by atoms with Gasteiger partial charge in [0.1, 0.15) is 0 Å². The smallest absolute Gasteiger partial charge is 0.238 e. The second-order valence-electron chi connectivity index (χ2n) is 7.53. The molecule has 32 heavy (non-hydrogen) atoms. The minimum absolute atomic E-state index is 0.0108. The van der Waals surface area contributed by atoms with Crippen molar-refractivity contribution in [2.24, 2.45) is 5.14 Å². The molecule has 4 N–H and O–H groups in total. The average Bonchev–Trinajstić information content (AvgIpc) is 3.23. The number of aromatic nitrogens is 2. The molecular weight excluding hydrogens is 444 g/mol. The molecule has 2 heterocycles. The van der Waals surface area contributed by atoms with Crippen molar-refractivity contribution in [1.82, 2.24) is 9.97 Å². The van der Waals surface area contributed by atoms with E-state index in [0.717, 1.165) is 45.7 Å². The van der Waals surface area contributed by atoms with Crippen molar-refractivity contribution in [1.29, 1.82) is 0 Å². The molecule has 0 spiro atoms. The predicted molar refractivity (Wildman–Crippen MR) is 125 cm³/mol. The summed E-state index contributed by atoms with van der Waals surface area (Å²) in [4.78, 5) is 11.5. The topological polar surface area (TPSA) is 118 Å². The molecule has 0 fully saturated rings. The molecule has 7 nitrogen and oxygen atoms in total. The maximum atomic E-state index is 11.6. The van der Waals surface area contributed by atoms with Crippen LogP contribution in [-0.2, 0) is 29.5 Å². The van der Waals surface area contributed by atoms with Crippen LogP contribution in [0.15, 0.2) is 65.7 Å². The van der Waals surface area contributed by atoms with Crippen LogP contribution in [0.3, 0.4) is 0 Å². The van der Waals surface area contributed by atoms with E-state index in [1.54, 1.807) is 23.5 Å². The third-order valence-electron chi connectivity index (χ3n) is 5.42. The Morgan fingerprint density at radius 3 is 2.72 bits per heavy atom. The Bertz CT molecular complexity index is 1430. The number of fused-ring (bicyclic) bond motifs is 3. The maximum Gasteiger partial charge on any atom is 0.238 e. The molecule has 0 bridgehead atoms. The third-order valence-corrected chi connectivity index (χ3v) is 7.56. The van der Waals surface area contributed by atoms with Gasteiger partial charge in [-0.25, -0.2) is 23.5 Å². The fourth-order valence-electron chi connectivity index (χ4n) is 3.86. The third kappa shape index (κ3) is 3.91. The van der Waals surface area contributed by atoms with E-state index < -0.39 is 10.0 Å². The average molecular weight is 465 g/mol. The number of aliphatic hydroxyl groups excluding tert-OH is 1. The highest BCUT2D eigenvalue weighted by molar-refractivity contribution is 7.89. The van der Waals surface area contributed by atoms with Gasteiger partial charge in [0.15, 0.2) is 0 Å². The second-order valence-corrected chi connectivity index (χ2v) is 10.2. The lowest BCUT2D eigenvalue weighted by Crippen LogP contribution is -2.12. The van der Waals surface area contributed by atoms with Crippen LogP contribution in [0.2, 0.25) is 0 Å². The van der Waals surface area contributed by atoms with Gasteiger partial charge in [-0.1, -0.05) is 30.3 Å². The van der Waals surface area contributed by atoms with E-state index in [9.17, 15) is 13.5 Å². The minimum Gasteiger partial charge on any atom is -0.392 e. The molecule has 0 saturated heterocycles. The van der Waals surface area contributed by atoms with E-state index in [2.05, 4.69) is 16.4 Å². The SMILES string of the molecule is NS(=O)(=O)c1cccc(Nc2ncc3c(n2)-c2cc(-c4ccccc4CO)sc2CC3)c1. The Balaban J connectivity index is 1.51. The first-order valence-corrected chi connectivity index (χ1v) is 12.4. The van der Waals surface area contributed by atoms with Gasteiger partial charge in [0.25, 0.3) is 0 Å². The molecule has 2 aromatic carbocycles. The van der Waals surface area contributed by atoms with Crippen molar-refractivity contribution >= 4 is 33.0 Å². The van der Waals surface area contributed by atoms with Gasteiger partial charge in [0.05, 0.1) is 17.2 Å². The molecule has 0 radical (unpaired) electrons. The van der Waals surface area contributed by atoms with E-state index >= 15 is 0 Å². The fraction of sp³-hybridized carbons (Fsp3) is 0.130. The van der Waals surface area contributed by atoms with Gasteiger partial charge in [-0.3, -0.25) is 0 Å². The Kier molecular flexibility index (Phi) is 5.26. The molecule has 2 aromatic heterocycles. The minimum atomic E-state index is -3.80. The summed E-state index contributed by atoms with van der Waals surface area (Å²) in [7, 11) is -3.80. The van der Waals surface area contributed by atoms with E-state index in [-0.39, 0.29) is 11.5 Å². The van der Waals surface area contributed by atoms with Crippen LogP contribution in [0.25, 0.3) is 21.7 Å². The Labute approximate surface area is 189 Å². The van der Waals surface area contributed by atoms with Gasteiger partial charge in [-0.05, 0) is 53.8 Å². The molecule has 5 rings (SSSR count). The van der Waals surface area contributed by atoms with Crippen molar-refractivity contribution in [3.63, 3.8) is 0 Å². The van der Waals surface area contributed by atoms with Crippen LogP contribution in [0.5, 0.6) is 0 Å². The Morgan fingerprint density at radius 2 is 1.91 bits per heavy atom. The number of primary sulfonamides is 1. The fourth-order valence-corrected chi connectivity index (χ4v) is 5.64. The summed E-state index contributed by atoms with van der Waals surface area (Å²) in [6.45, 7) is -0.0108. The van der Waals surface area contributed by atoms with Crippen molar-refractivity contribution in [3.05, 3.63) is 76.8 Å². The van der Waals surface area contributed by atoms with E-state index in [1.165, 1.54) is 17.0 Å². The largest absolute Gasteiger partial charge is 0.392 e. The molecular formula is C23H20N4O3S2. The number of aliphatic hydroxyl groups is 1. The zero-order valence-electron chi connectivity index (χ0n) is 16.9. The van der Waals surface area contributed by atoms with Crippen LogP contribution in [0.4, 0.5) is 11.6 Å². The van der Waals surface area contributed by atoms with Gasteiger partial charge >= 0.3 is 0 Å². The lowest BCUT2D eigenvalue weighted by atomic mass is 9.95. The summed E-state index contributed by atoms with van der Waals surface area (Å²) >= 11 is 1.72. The van der Waals surface area contributed by atoms with Crippen LogP contribution in [0.1, 0.15) is 16.0 Å². The molecule has 0 aliphatic heterocycles. The second kappa shape index (κ2) is 8.10. The number of sulfonamides is 1. The van der Waals surface area contributed by atoms with E-state index in [4.69, 9.17) is 10.1 Å². The summed E-state index contributed by atoms with van der Waals surface area (Å²) in [5, 5.41) is 18.0. The predicted octanol–water partition coefficient (Wildman–Crippen LogP) is 3.85. The zero-order chi connectivity index (χ0) is 22.3. The summed E-state index contributed by atoms with van der Waals surface area (Å²) in [5.41, 5.74) is 5.48. The number of anilines is 2. The quantitative estimate of drug-likeness (QED) is 0.413. The van der Waals surface area contributed by atoms with E-state index in [0.29, 0.717) is 11.6 Å². The first-order valence-electron chi connectivity index (χ1n) is 10.0. The highest BCUT2D eigenvalue weighted by atomic mass is 32.2. The van der Waals surface area contributed by atoms with Gasteiger partial charge < -0.3 is 10.4 Å². The number of nitrogens with two attached hydrogens (primary N) is 1. The van der Waals surface area contributed by atoms with E-state index in [1.807, 2.05) is 30.5 Å². The van der Waals surface area contributed by atoms with Gasteiger partial charge in [-0.15, -0.1) is 11.3 Å². The number of nitrogens with one attached hydrogen (secondary N) is 1. The lowest BCUT2D eigenvalue weighted by molar-refractivity contribution is 0.282. The molecule has 0 amide bonds. The van der Waals surface area contributed by atoms with Crippen molar-refractivity contribution in [2.75, 3.05) is 5.32 Å². The number of hydrogen-bond donors (Lipinski definition) is 3. The van der Waals surface area contributed by atoms with Crippen LogP contribution >= 0.6 is 11.3 Å². The number of aryl methyl sites for hydroxylation is 2. The first kappa shape index (κ1) is 20.8. The normalized spacial score (nSPS) is 12.8. The summed E-state index contributed by atoms with van der Waals surface area (Å²) in [5.74, 6) is 0.381. The van der Waals surface area contributed by atoms with Gasteiger partial charge in [0.2, 0.25) is 16.0 Å². The molecule has 4 aromatic rings. The molecule has 1 aliphatic carbocycles. The molecule has 0 saturated carbocycles. The van der Waals surface area contributed by atoms with Gasteiger partial charge in [0, 0.05) is 27.2 Å². The number of rotatable bonds is 5. The Morgan fingerprint density at radius 1 is 1.06 bits per heavy atom. The molecule has 0 unspecified atom stereocenters. The first-order chi connectivity index (χ1) is 15.4. The van der Waals surface area contributed by atoms with Crippen molar-refractivity contribution in [3.8, 4) is 21.7 Å². The standard InChI is InChI=1S/C23H20N4O3S2/c24-32(29,30)17-6-3-5-16(10-17)26-23-25-12-14-8-9-20-19(22(14)27-23)11-21(31-20)18-7-2-1-4-15(18)13-28/h1-7,10-12,28H,8-9,13H2,(H2,24,29,30)(H,25,26,27). The zero-order valence-corrected chi connectivity index (χ0v) is 18.6. The number of benzene rings is 2. The van der Waals surface area contributed by atoms with Crippen LogP contribution < -0.4 is 10.5 Å². The van der Waals surface area contributed by atoms with Gasteiger partial charge in [-0.2, -0.15) is 0 Å². The lowest BCUT2D eigenvalue weighted by Gasteiger charge is -2.16. The van der Waals surface area contributed by atoms with Crippen molar-refractivity contribution < 1.29 is 13.5 Å². The van der Waals surface area contributed by atoms with Crippen LogP contribution in [-0.4, -0.2) is 23.5 Å². The highest BCUT2D eigenvalue weighted by Gasteiger charge is 2.23. The monoisotopic (exact) mass is 464 g/mol. The maximum absolute atomic E-state index is 11.6. The van der Waals surface area contributed by atoms with Crippen LogP contribution in [0, 0.1) is 0 Å². The van der Waals surface area contributed by atoms with Crippen molar-refractivity contribution in [2.45, 2.75) is 24.3 Å². The molecule has 9 heteroatoms. The summed E-state index contributed by atoms with van der Waals surface area (Å²) < 4.78 is 23.3. The highest BCUT2D eigenvalue weighted by Crippen LogP contribution is 2.42. The molecule has 0 atom stereocenters. The number of thiophene rings is 1. The Hall–Kier alpha value is -3.11. The molecule has 162 valence electrons. The number of nitrogens with zero attached hydrogens (tertiary/aromatic N) is 2. The number of hydrogen-bond acceptors (Lipinski definition) is 7. The summed E-state index contributed by atoms with van der Waals surface area (Å²) in [6.07, 6.45) is 3.59. The summed E-state index contributed by atoms with van der Waals surface area (Å²) in [6, 6.07) is 16.2. The molecule has 1 aliphatic rings.